The fraction of sp³-hybridized carbons (Fsp3) is 0.462. The highest BCUT2D eigenvalue weighted by Gasteiger charge is 2.08. The van der Waals surface area contributed by atoms with Crippen molar-refractivity contribution >= 4 is 23.2 Å². The summed E-state index contributed by atoms with van der Waals surface area (Å²) in [6.45, 7) is 3.47. The molecule has 0 saturated carbocycles. The summed E-state index contributed by atoms with van der Waals surface area (Å²) in [7, 11) is 1.86. The second kappa shape index (κ2) is 7.24. The molecule has 0 radical (unpaired) electrons. The third kappa shape index (κ3) is 4.20. The molecule has 0 bridgehead atoms. The number of nitrogens with two attached hydrogens (primary N) is 1. The maximum atomic E-state index is 11.6. The summed E-state index contributed by atoms with van der Waals surface area (Å²) in [5.74, 6) is 0.0124. The Morgan fingerprint density at radius 2 is 2.22 bits per heavy atom. The highest BCUT2D eigenvalue weighted by molar-refractivity contribution is 6.31. The number of amides is 1. The molecule has 1 aromatic carbocycles. The molecule has 0 aliphatic carbocycles. The van der Waals surface area contributed by atoms with Crippen LogP contribution in [0.3, 0.4) is 0 Å². The first-order valence-corrected chi connectivity index (χ1v) is 6.42. The summed E-state index contributed by atoms with van der Waals surface area (Å²) in [5.41, 5.74) is 7.36. The van der Waals surface area contributed by atoms with Gasteiger partial charge >= 0.3 is 0 Å². The van der Waals surface area contributed by atoms with E-state index in [4.69, 9.17) is 17.3 Å². The SMILES string of the molecule is CCCNC(=O)CN(C)c1ccc(CN)c(Cl)c1. The highest BCUT2D eigenvalue weighted by atomic mass is 35.5. The second-order valence-corrected chi connectivity index (χ2v) is 4.59. The van der Waals surface area contributed by atoms with Gasteiger partial charge in [0.05, 0.1) is 6.54 Å². The van der Waals surface area contributed by atoms with Crippen LogP contribution in [0.1, 0.15) is 18.9 Å². The van der Waals surface area contributed by atoms with E-state index < -0.39 is 0 Å². The molecule has 4 nitrogen and oxygen atoms in total. The second-order valence-electron chi connectivity index (χ2n) is 4.19. The summed E-state index contributed by atoms with van der Waals surface area (Å²) in [6, 6.07) is 5.64. The van der Waals surface area contributed by atoms with Gasteiger partial charge in [0.15, 0.2) is 0 Å². The third-order valence-electron chi connectivity index (χ3n) is 2.65. The van der Waals surface area contributed by atoms with Gasteiger partial charge in [-0.3, -0.25) is 4.79 Å². The topological polar surface area (TPSA) is 58.4 Å². The maximum absolute atomic E-state index is 11.6. The van der Waals surface area contributed by atoms with Crippen molar-refractivity contribution < 1.29 is 4.79 Å². The van der Waals surface area contributed by atoms with Crippen LogP contribution in [0.4, 0.5) is 5.69 Å². The minimum absolute atomic E-state index is 0.0124. The van der Waals surface area contributed by atoms with E-state index in [2.05, 4.69) is 5.32 Å². The van der Waals surface area contributed by atoms with Crippen molar-refractivity contribution in [2.45, 2.75) is 19.9 Å². The quantitative estimate of drug-likeness (QED) is 0.827. The zero-order valence-electron chi connectivity index (χ0n) is 10.9. The first-order valence-electron chi connectivity index (χ1n) is 6.04. The normalized spacial score (nSPS) is 10.2. The van der Waals surface area contributed by atoms with Crippen molar-refractivity contribution in [1.82, 2.24) is 5.32 Å². The van der Waals surface area contributed by atoms with Crippen molar-refractivity contribution in [3.63, 3.8) is 0 Å². The number of hydrogen-bond donors (Lipinski definition) is 2. The number of carbonyl (C=O) groups is 1. The first kappa shape index (κ1) is 14.8. The molecule has 18 heavy (non-hydrogen) atoms. The van der Waals surface area contributed by atoms with Gasteiger partial charge in [-0.2, -0.15) is 0 Å². The Labute approximate surface area is 113 Å². The van der Waals surface area contributed by atoms with E-state index in [9.17, 15) is 4.79 Å². The number of hydrogen-bond acceptors (Lipinski definition) is 3. The van der Waals surface area contributed by atoms with E-state index in [0.717, 1.165) is 17.7 Å². The fourth-order valence-corrected chi connectivity index (χ4v) is 1.82. The molecule has 100 valence electrons. The number of benzene rings is 1. The molecule has 3 N–H and O–H groups in total. The minimum Gasteiger partial charge on any atom is -0.365 e. The van der Waals surface area contributed by atoms with Gasteiger partial charge in [0.1, 0.15) is 0 Å². The van der Waals surface area contributed by atoms with Crippen LogP contribution in [0.15, 0.2) is 18.2 Å². The monoisotopic (exact) mass is 269 g/mol. The molecule has 1 aromatic rings. The van der Waals surface area contributed by atoms with E-state index in [1.54, 1.807) is 0 Å². The van der Waals surface area contributed by atoms with E-state index in [1.165, 1.54) is 0 Å². The molecule has 1 amide bonds. The summed E-state index contributed by atoms with van der Waals surface area (Å²) >= 11 is 6.09. The van der Waals surface area contributed by atoms with E-state index in [0.29, 0.717) is 24.7 Å². The summed E-state index contributed by atoms with van der Waals surface area (Å²) < 4.78 is 0. The molecule has 0 aliphatic heterocycles. The molecular formula is C13H20ClN3O. The average molecular weight is 270 g/mol. The van der Waals surface area contributed by atoms with E-state index >= 15 is 0 Å². The molecule has 0 heterocycles. The van der Waals surface area contributed by atoms with Gasteiger partial charge in [-0.25, -0.2) is 0 Å². The van der Waals surface area contributed by atoms with Gasteiger partial charge in [0.2, 0.25) is 5.91 Å². The average Bonchev–Trinajstić information content (AvgIpc) is 2.36. The zero-order valence-corrected chi connectivity index (χ0v) is 11.6. The van der Waals surface area contributed by atoms with Crippen LogP contribution in [0.25, 0.3) is 0 Å². The molecule has 5 heteroatoms. The number of nitrogens with one attached hydrogen (secondary N) is 1. The molecular weight excluding hydrogens is 250 g/mol. The lowest BCUT2D eigenvalue weighted by molar-refractivity contribution is -0.119. The lowest BCUT2D eigenvalue weighted by Gasteiger charge is -2.19. The fourth-order valence-electron chi connectivity index (χ4n) is 1.57. The smallest absolute Gasteiger partial charge is 0.239 e. The largest absolute Gasteiger partial charge is 0.365 e. The number of carbonyl (C=O) groups excluding carboxylic acids is 1. The molecule has 0 spiro atoms. The number of nitrogens with zero attached hydrogens (tertiary/aromatic N) is 1. The van der Waals surface area contributed by atoms with Gasteiger partial charge in [-0.15, -0.1) is 0 Å². The zero-order chi connectivity index (χ0) is 13.5. The summed E-state index contributed by atoms with van der Waals surface area (Å²) in [5, 5.41) is 3.47. The van der Waals surface area contributed by atoms with Crippen LogP contribution in [0.2, 0.25) is 5.02 Å². The van der Waals surface area contributed by atoms with Gasteiger partial charge < -0.3 is 16.0 Å². The number of anilines is 1. The Kier molecular flexibility index (Phi) is 5.95. The van der Waals surface area contributed by atoms with Crippen LogP contribution in [-0.2, 0) is 11.3 Å². The lowest BCUT2D eigenvalue weighted by Crippen LogP contribution is -2.35. The molecule has 0 saturated heterocycles. The van der Waals surface area contributed by atoms with Crippen molar-refractivity contribution in [3.05, 3.63) is 28.8 Å². The highest BCUT2D eigenvalue weighted by Crippen LogP contribution is 2.22. The van der Waals surface area contributed by atoms with Crippen molar-refractivity contribution in [3.8, 4) is 0 Å². The van der Waals surface area contributed by atoms with Crippen molar-refractivity contribution in [1.29, 1.82) is 0 Å². The van der Waals surface area contributed by atoms with Gasteiger partial charge in [-0.1, -0.05) is 24.6 Å². The molecule has 0 fully saturated rings. The van der Waals surface area contributed by atoms with E-state index in [-0.39, 0.29) is 5.91 Å². The number of halogens is 1. The third-order valence-corrected chi connectivity index (χ3v) is 3.00. The van der Waals surface area contributed by atoms with Gasteiger partial charge in [-0.05, 0) is 24.1 Å². The first-order chi connectivity index (χ1) is 8.58. The predicted octanol–water partition coefficient (Wildman–Crippen LogP) is 1.76. The van der Waals surface area contributed by atoms with Crippen LogP contribution in [0, 0.1) is 0 Å². The van der Waals surface area contributed by atoms with Crippen molar-refractivity contribution in [2.75, 3.05) is 25.0 Å². The maximum Gasteiger partial charge on any atom is 0.239 e. The Balaban J connectivity index is 2.63. The number of rotatable bonds is 6. The number of likely N-dealkylation sites (N-methyl/N-ethyl adjacent to an activating group) is 1. The van der Waals surface area contributed by atoms with Gasteiger partial charge in [0, 0.05) is 30.8 Å². The van der Waals surface area contributed by atoms with Crippen LogP contribution in [0.5, 0.6) is 0 Å². The molecule has 1 rings (SSSR count). The van der Waals surface area contributed by atoms with Crippen LogP contribution in [-0.4, -0.2) is 26.0 Å². The van der Waals surface area contributed by atoms with Gasteiger partial charge in [0.25, 0.3) is 0 Å². The van der Waals surface area contributed by atoms with Crippen LogP contribution >= 0.6 is 11.6 Å². The molecule has 0 aromatic heterocycles. The Hall–Kier alpha value is -1.26. The standard InChI is InChI=1S/C13H20ClN3O/c1-3-6-16-13(18)9-17(2)11-5-4-10(8-15)12(14)7-11/h4-5,7H,3,6,8-9,15H2,1-2H3,(H,16,18). The summed E-state index contributed by atoms with van der Waals surface area (Å²) in [6.07, 6.45) is 0.937. The lowest BCUT2D eigenvalue weighted by atomic mass is 10.2. The van der Waals surface area contributed by atoms with Crippen molar-refractivity contribution in [2.24, 2.45) is 5.73 Å². The predicted molar refractivity (Wildman–Crippen MR) is 75.9 cm³/mol. The molecule has 0 atom stereocenters. The molecule has 0 aliphatic rings. The Morgan fingerprint density at radius 3 is 2.78 bits per heavy atom. The Bertz CT molecular complexity index is 409. The Morgan fingerprint density at radius 1 is 1.50 bits per heavy atom. The summed E-state index contributed by atoms with van der Waals surface area (Å²) in [4.78, 5) is 13.4. The molecule has 0 unspecified atom stereocenters. The van der Waals surface area contributed by atoms with E-state index in [1.807, 2.05) is 37.1 Å². The minimum atomic E-state index is 0.0124. The van der Waals surface area contributed by atoms with Crippen LogP contribution < -0.4 is 16.0 Å².